The van der Waals surface area contributed by atoms with Gasteiger partial charge in [-0.05, 0) is 88.5 Å². The van der Waals surface area contributed by atoms with Crippen molar-refractivity contribution in [3.8, 4) is 44.8 Å². The standard InChI is InChI=1S/C54H34N2O/c1-2-13-35(14-3-1)37-15-10-16-38(33-37)39-17-11-18-41(34-39)56-48-25-8-5-21-46(48)53-50(56)32-31-49-52(53)45-20-4-7-24-47(45)55(49)40-29-27-36(28-30-40)42-22-12-23-44-43-19-6-9-26-51(43)57-54(42)44/h1-34H. The van der Waals surface area contributed by atoms with E-state index in [0.29, 0.717) is 0 Å². The summed E-state index contributed by atoms with van der Waals surface area (Å²) in [4.78, 5) is 0. The third-order valence-electron chi connectivity index (χ3n) is 11.7. The van der Waals surface area contributed by atoms with Crippen molar-refractivity contribution in [1.29, 1.82) is 0 Å². The zero-order chi connectivity index (χ0) is 37.5. The molecule has 266 valence electrons. The summed E-state index contributed by atoms with van der Waals surface area (Å²) in [6.07, 6.45) is 0. The van der Waals surface area contributed by atoms with Crippen molar-refractivity contribution in [2.75, 3.05) is 0 Å². The van der Waals surface area contributed by atoms with E-state index in [-0.39, 0.29) is 0 Å². The molecule has 3 nitrogen and oxygen atoms in total. The van der Waals surface area contributed by atoms with E-state index >= 15 is 0 Å². The molecule has 0 amide bonds. The normalized spacial score (nSPS) is 11.9. The lowest BCUT2D eigenvalue weighted by Gasteiger charge is -2.12. The molecule has 0 atom stereocenters. The third-order valence-corrected chi connectivity index (χ3v) is 11.7. The number of hydrogen-bond acceptors (Lipinski definition) is 1. The predicted octanol–water partition coefficient (Wildman–Crippen LogP) is 14.8. The number of hydrogen-bond donors (Lipinski definition) is 0. The number of para-hydroxylation sites is 4. The second kappa shape index (κ2) is 12.5. The van der Waals surface area contributed by atoms with Crippen molar-refractivity contribution in [2.24, 2.45) is 0 Å². The average Bonchev–Trinajstić information content (AvgIpc) is 3.95. The van der Waals surface area contributed by atoms with Gasteiger partial charge in [0.05, 0.1) is 22.1 Å². The smallest absolute Gasteiger partial charge is 0.143 e. The third kappa shape index (κ3) is 4.86. The maximum atomic E-state index is 6.41. The first-order valence-corrected chi connectivity index (χ1v) is 19.5. The topological polar surface area (TPSA) is 23.0 Å². The lowest BCUT2D eigenvalue weighted by atomic mass is 9.99. The van der Waals surface area contributed by atoms with Gasteiger partial charge >= 0.3 is 0 Å². The average molecular weight is 727 g/mol. The lowest BCUT2D eigenvalue weighted by Crippen LogP contribution is -1.95. The second-order valence-corrected chi connectivity index (χ2v) is 14.9. The molecule has 0 bridgehead atoms. The number of benzene rings is 9. The van der Waals surface area contributed by atoms with Crippen molar-refractivity contribution < 1.29 is 4.42 Å². The number of furan rings is 1. The fourth-order valence-corrected chi connectivity index (χ4v) is 9.17. The monoisotopic (exact) mass is 726 g/mol. The van der Waals surface area contributed by atoms with Crippen LogP contribution in [-0.4, -0.2) is 9.13 Å². The highest BCUT2D eigenvalue weighted by Gasteiger charge is 2.21. The molecule has 12 aromatic rings. The molecule has 0 spiro atoms. The molecule has 0 saturated carbocycles. The maximum absolute atomic E-state index is 6.41. The highest BCUT2D eigenvalue weighted by atomic mass is 16.3. The number of rotatable bonds is 5. The van der Waals surface area contributed by atoms with E-state index in [2.05, 4.69) is 203 Å². The molecule has 0 aliphatic heterocycles. The van der Waals surface area contributed by atoms with E-state index in [4.69, 9.17) is 4.42 Å². The summed E-state index contributed by atoms with van der Waals surface area (Å²) in [5, 5.41) is 7.30. The first-order valence-electron chi connectivity index (χ1n) is 19.5. The van der Waals surface area contributed by atoms with Gasteiger partial charge in [0.25, 0.3) is 0 Å². The summed E-state index contributed by atoms with van der Waals surface area (Å²) >= 11 is 0. The number of aromatic nitrogens is 2. The molecule has 3 heteroatoms. The molecule has 0 radical (unpaired) electrons. The van der Waals surface area contributed by atoms with Crippen LogP contribution in [0.3, 0.4) is 0 Å². The second-order valence-electron chi connectivity index (χ2n) is 14.9. The Bertz CT molecular complexity index is 3510. The van der Waals surface area contributed by atoms with Crippen LogP contribution in [0.5, 0.6) is 0 Å². The Morgan fingerprint density at radius 1 is 0.298 bits per heavy atom. The summed E-state index contributed by atoms with van der Waals surface area (Å²) in [6.45, 7) is 0. The Labute approximate surface area is 328 Å². The SMILES string of the molecule is c1ccc(-c2cccc(-c3cccc(-n4c5ccccc5c5c6c7ccccc7n(-c7ccc(-c8cccc9c8oc8ccccc89)cc7)c6ccc54)c3)c2)cc1. The van der Waals surface area contributed by atoms with Crippen LogP contribution in [0.25, 0.3) is 110 Å². The van der Waals surface area contributed by atoms with Crippen LogP contribution >= 0.6 is 0 Å². The Morgan fingerprint density at radius 2 is 0.825 bits per heavy atom. The van der Waals surface area contributed by atoms with Gasteiger partial charge in [0.2, 0.25) is 0 Å². The van der Waals surface area contributed by atoms with E-state index in [9.17, 15) is 0 Å². The Hall–Kier alpha value is -7.62. The number of nitrogens with zero attached hydrogens (tertiary/aromatic N) is 2. The van der Waals surface area contributed by atoms with Crippen molar-refractivity contribution in [1.82, 2.24) is 9.13 Å². The van der Waals surface area contributed by atoms with Gasteiger partial charge in [0.15, 0.2) is 0 Å². The van der Waals surface area contributed by atoms with Crippen LogP contribution in [0.2, 0.25) is 0 Å². The van der Waals surface area contributed by atoms with Gasteiger partial charge in [0.1, 0.15) is 11.2 Å². The molecular formula is C54H34N2O. The van der Waals surface area contributed by atoms with Gasteiger partial charge in [-0.15, -0.1) is 0 Å². The van der Waals surface area contributed by atoms with Crippen LogP contribution in [0.15, 0.2) is 211 Å². The van der Waals surface area contributed by atoms with Gasteiger partial charge in [0, 0.05) is 49.3 Å². The van der Waals surface area contributed by atoms with E-state index in [0.717, 1.165) is 44.4 Å². The maximum Gasteiger partial charge on any atom is 0.143 e. The van der Waals surface area contributed by atoms with Gasteiger partial charge in [-0.25, -0.2) is 0 Å². The van der Waals surface area contributed by atoms with Crippen molar-refractivity contribution in [3.63, 3.8) is 0 Å². The molecular weight excluding hydrogens is 693 g/mol. The fourth-order valence-electron chi connectivity index (χ4n) is 9.17. The van der Waals surface area contributed by atoms with Crippen LogP contribution in [0.4, 0.5) is 0 Å². The molecule has 0 aliphatic rings. The summed E-state index contributed by atoms with van der Waals surface area (Å²) in [6, 6.07) is 74.4. The summed E-state index contributed by atoms with van der Waals surface area (Å²) in [5.41, 5.74) is 15.9. The summed E-state index contributed by atoms with van der Waals surface area (Å²) in [5.74, 6) is 0. The van der Waals surface area contributed by atoms with Gasteiger partial charge in [-0.3, -0.25) is 0 Å². The van der Waals surface area contributed by atoms with Gasteiger partial charge in [-0.2, -0.15) is 0 Å². The Morgan fingerprint density at radius 3 is 1.54 bits per heavy atom. The lowest BCUT2D eigenvalue weighted by molar-refractivity contribution is 0.670. The molecule has 0 unspecified atom stereocenters. The van der Waals surface area contributed by atoms with E-state index < -0.39 is 0 Å². The fraction of sp³-hybridized carbons (Fsp3) is 0. The van der Waals surface area contributed by atoms with Crippen molar-refractivity contribution in [3.05, 3.63) is 206 Å². The van der Waals surface area contributed by atoms with Crippen LogP contribution in [0, 0.1) is 0 Å². The van der Waals surface area contributed by atoms with Crippen LogP contribution < -0.4 is 0 Å². The van der Waals surface area contributed by atoms with E-state index in [1.165, 1.54) is 65.9 Å². The van der Waals surface area contributed by atoms with E-state index in [1.807, 2.05) is 12.1 Å². The molecule has 3 heterocycles. The largest absolute Gasteiger partial charge is 0.455 e. The van der Waals surface area contributed by atoms with Crippen molar-refractivity contribution in [2.45, 2.75) is 0 Å². The minimum Gasteiger partial charge on any atom is -0.455 e. The Balaban J connectivity index is 1.02. The van der Waals surface area contributed by atoms with Gasteiger partial charge < -0.3 is 13.6 Å². The first-order chi connectivity index (χ1) is 28.3. The Kier molecular flexibility index (Phi) is 6.93. The minimum absolute atomic E-state index is 0.913. The van der Waals surface area contributed by atoms with E-state index in [1.54, 1.807) is 0 Å². The predicted molar refractivity (Wildman–Crippen MR) is 239 cm³/mol. The minimum atomic E-state index is 0.913. The zero-order valence-corrected chi connectivity index (χ0v) is 30.9. The molecule has 0 saturated heterocycles. The van der Waals surface area contributed by atoms with Crippen LogP contribution in [-0.2, 0) is 0 Å². The highest BCUT2D eigenvalue weighted by molar-refractivity contribution is 6.29. The highest BCUT2D eigenvalue weighted by Crippen LogP contribution is 2.43. The molecule has 12 rings (SSSR count). The van der Waals surface area contributed by atoms with Crippen molar-refractivity contribution >= 4 is 65.6 Å². The molecule has 57 heavy (non-hydrogen) atoms. The first kappa shape index (κ1) is 31.7. The molecule has 0 fully saturated rings. The molecule has 3 aromatic heterocycles. The number of fused-ring (bicyclic) bond motifs is 10. The zero-order valence-electron chi connectivity index (χ0n) is 30.9. The van der Waals surface area contributed by atoms with Crippen LogP contribution in [0.1, 0.15) is 0 Å². The summed E-state index contributed by atoms with van der Waals surface area (Å²) in [7, 11) is 0. The molecule has 9 aromatic carbocycles. The summed E-state index contributed by atoms with van der Waals surface area (Å²) < 4.78 is 11.3. The molecule has 0 aliphatic carbocycles. The molecule has 0 N–H and O–H groups in total. The quantitative estimate of drug-likeness (QED) is 0.173. The van der Waals surface area contributed by atoms with Gasteiger partial charge in [-0.1, -0.05) is 146 Å².